The van der Waals surface area contributed by atoms with Crippen LogP contribution in [0.3, 0.4) is 0 Å². The van der Waals surface area contributed by atoms with E-state index >= 15 is 0 Å². The van der Waals surface area contributed by atoms with Gasteiger partial charge in [-0.3, -0.25) is 4.90 Å². The van der Waals surface area contributed by atoms with Gasteiger partial charge in [-0.2, -0.15) is 0 Å². The van der Waals surface area contributed by atoms with E-state index in [1.807, 2.05) is 0 Å². The molecule has 1 aliphatic carbocycles. The molecule has 2 heteroatoms. The van der Waals surface area contributed by atoms with Crippen LogP contribution in [0.2, 0.25) is 0 Å². The first kappa shape index (κ1) is 13.1. The van der Waals surface area contributed by atoms with Gasteiger partial charge in [0.15, 0.2) is 0 Å². The van der Waals surface area contributed by atoms with E-state index in [2.05, 4.69) is 50.1 Å². The van der Waals surface area contributed by atoms with E-state index in [4.69, 9.17) is 0 Å². The molecule has 0 saturated carbocycles. The molecule has 1 heterocycles. The zero-order valence-electron chi connectivity index (χ0n) is 11.9. The van der Waals surface area contributed by atoms with Crippen molar-refractivity contribution in [3.8, 4) is 0 Å². The number of hydrogen-bond acceptors (Lipinski definition) is 2. The van der Waals surface area contributed by atoms with Crippen molar-refractivity contribution in [1.29, 1.82) is 0 Å². The predicted molar refractivity (Wildman–Crippen MR) is 74.2 cm³/mol. The molecule has 0 aromatic rings. The normalized spacial score (nSPS) is 36.1. The first-order valence-electron chi connectivity index (χ1n) is 7.12. The summed E-state index contributed by atoms with van der Waals surface area (Å²) < 4.78 is 0. The van der Waals surface area contributed by atoms with Gasteiger partial charge < -0.3 is 5.32 Å². The molecule has 0 radical (unpaired) electrons. The number of allylic oxidation sites excluding steroid dienone is 1. The summed E-state index contributed by atoms with van der Waals surface area (Å²) in [6.45, 7) is 11.8. The monoisotopic (exact) mass is 236 g/mol. The molecule has 1 N–H and O–H groups in total. The molecule has 2 nitrogen and oxygen atoms in total. The van der Waals surface area contributed by atoms with E-state index in [9.17, 15) is 0 Å². The van der Waals surface area contributed by atoms with Crippen LogP contribution in [0.4, 0.5) is 0 Å². The van der Waals surface area contributed by atoms with Crippen molar-refractivity contribution in [1.82, 2.24) is 10.2 Å². The lowest BCUT2D eigenvalue weighted by Gasteiger charge is -2.47. The summed E-state index contributed by atoms with van der Waals surface area (Å²) in [5.41, 5.74) is 0.364. The Hall–Kier alpha value is -0.340. The Morgan fingerprint density at radius 3 is 2.59 bits per heavy atom. The third-order valence-corrected chi connectivity index (χ3v) is 4.37. The SMILES string of the molecule is CC1CNC(C(C)(C)C)CN1C1CC=CCC1. The molecule has 0 spiro atoms. The quantitative estimate of drug-likeness (QED) is 0.704. The molecule has 1 saturated heterocycles. The van der Waals surface area contributed by atoms with Crippen molar-refractivity contribution < 1.29 is 0 Å². The van der Waals surface area contributed by atoms with E-state index < -0.39 is 0 Å². The first-order chi connectivity index (χ1) is 7.98. The fraction of sp³-hybridized carbons (Fsp3) is 0.867. The highest BCUT2D eigenvalue weighted by atomic mass is 15.3. The minimum absolute atomic E-state index is 0.364. The van der Waals surface area contributed by atoms with Gasteiger partial charge in [-0.15, -0.1) is 0 Å². The van der Waals surface area contributed by atoms with Crippen molar-refractivity contribution in [3.63, 3.8) is 0 Å². The second kappa shape index (κ2) is 5.11. The van der Waals surface area contributed by atoms with Crippen LogP contribution in [0.5, 0.6) is 0 Å². The van der Waals surface area contributed by atoms with Crippen molar-refractivity contribution in [2.45, 2.75) is 65.1 Å². The molecule has 0 aromatic carbocycles. The maximum atomic E-state index is 3.72. The summed E-state index contributed by atoms with van der Waals surface area (Å²) >= 11 is 0. The van der Waals surface area contributed by atoms with Gasteiger partial charge in [0.25, 0.3) is 0 Å². The molecule has 3 atom stereocenters. The molecule has 2 aliphatic rings. The third-order valence-electron chi connectivity index (χ3n) is 4.37. The van der Waals surface area contributed by atoms with Gasteiger partial charge in [0.1, 0.15) is 0 Å². The molecule has 1 aliphatic heterocycles. The number of nitrogens with one attached hydrogen (secondary N) is 1. The maximum Gasteiger partial charge on any atom is 0.0244 e. The van der Waals surface area contributed by atoms with Gasteiger partial charge in [0.2, 0.25) is 0 Å². The average Bonchev–Trinajstić information content (AvgIpc) is 2.29. The van der Waals surface area contributed by atoms with E-state index in [1.165, 1.54) is 25.8 Å². The fourth-order valence-corrected chi connectivity index (χ4v) is 3.05. The Labute approximate surface area is 106 Å². The Kier molecular flexibility index (Phi) is 3.94. The zero-order valence-corrected chi connectivity index (χ0v) is 11.9. The standard InChI is InChI=1S/C15H28N2/c1-12-10-16-14(15(2,3)4)11-17(12)13-8-6-5-7-9-13/h5-6,12-14,16H,7-11H2,1-4H3. The molecule has 0 bridgehead atoms. The van der Waals surface area contributed by atoms with E-state index in [0.717, 1.165) is 12.6 Å². The van der Waals surface area contributed by atoms with Crippen LogP contribution in [0.25, 0.3) is 0 Å². The van der Waals surface area contributed by atoms with Gasteiger partial charge in [-0.05, 0) is 31.6 Å². The van der Waals surface area contributed by atoms with Crippen LogP contribution < -0.4 is 5.32 Å². The second-order valence-electron chi connectivity index (χ2n) is 6.81. The summed E-state index contributed by atoms with van der Waals surface area (Å²) in [7, 11) is 0. The van der Waals surface area contributed by atoms with Gasteiger partial charge >= 0.3 is 0 Å². The third kappa shape index (κ3) is 3.11. The predicted octanol–water partition coefficient (Wildman–Crippen LogP) is 2.80. The molecular weight excluding hydrogens is 208 g/mol. The lowest BCUT2D eigenvalue weighted by atomic mass is 9.84. The van der Waals surface area contributed by atoms with Crippen LogP contribution in [0.15, 0.2) is 12.2 Å². The largest absolute Gasteiger partial charge is 0.311 e. The van der Waals surface area contributed by atoms with Crippen LogP contribution in [-0.2, 0) is 0 Å². The molecule has 17 heavy (non-hydrogen) atoms. The smallest absolute Gasteiger partial charge is 0.0244 e. The summed E-state index contributed by atoms with van der Waals surface area (Å²) in [5.74, 6) is 0. The molecule has 3 unspecified atom stereocenters. The number of rotatable bonds is 1. The topological polar surface area (TPSA) is 15.3 Å². The maximum absolute atomic E-state index is 3.72. The van der Waals surface area contributed by atoms with Crippen molar-refractivity contribution in [3.05, 3.63) is 12.2 Å². The highest BCUT2D eigenvalue weighted by molar-refractivity contribution is 4.99. The zero-order chi connectivity index (χ0) is 12.5. The fourth-order valence-electron chi connectivity index (χ4n) is 3.05. The van der Waals surface area contributed by atoms with Gasteiger partial charge in [0.05, 0.1) is 0 Å². The second-order valence-corrected chi connectivity index (χ2v) is 6.81. The Bertz CT molecular complexity index is 277. The Morgan fingerprint density at radius 2 is 2.00 bits per heavy atom. The Morgan fingerprint density at radius 1 is 1.24 bits per heavy atom. The van der Waals surface area contributed by atoms with Crippen LogP contribution in [-0.4, -0.2) is 36.1 Å². The average molecular weight is 236 g/mol. The van der Waals surface area contributed by atoms with Gasteiger partial charge in [-0.25, -0.2) is 0 Å². The van der Waals surface area contributed by atoms with Gasteiger partial charge in [-0.1, -0.05) is 32.9 Å². The van der Waals surface area contributed by atoms with Crippen molar-refractivity contribution in [2.75, 3.05) is 13.1 Å². The highest BCUT2D eigenvalue weighted by Gasteiger charge is 2.35. The summed E-state index contributed by atoms with van der Waals surface area (Å²) in [6, 6.07) is 2.09. The lowest BCUT2D eigenvalue weighted by molar-refractivity contribution is 0.0534. The van der Waals surface area contributed by atoms with E-state index in [-0.39, 0.29) is 0 Å². The highest BCUT2D eigenvalue weighted by Crippen LogP contribution is 2.27. The summed E-state index contributed by atoms with van der Waals surface area (Å²) in [4.78, 5) is 2.75. The summed E-state index contributed by atoms with van der Waals surface area (Å²) in [5, 5.41) is 3.72. The van der Waals surface area contributed by atoms with E-state index in [0.29, 0.717) is 17.5 Å². The van der Waals surface area contributed by atoms with Crippen molar-refractivity contribution >= 4 is 0 Å². The van der Waals surface area contributed by atoms with Gasteiger partial charge in [0, 0.05) is 31.2 Å². The molecule has 0 amide bonds. The lowest BCUT2D eigenvalue weighted by Crippen LogP contribution is -2.61. The first-order valence-corrected chi connectivity index (χ1v) is 7.12. The minimum Gasteiger partial charge on any atom is -0.311 e. The van der Waals surface area contributed by atoms with E-state index in [1.54, 1.807) is 0 Å². The molecule has 1 fully saturated rings. The van der Waals surface area contributed by atoms with Crippen LogP contribution >= 0.6 is 0 Å². The summed E-state index contributed by atoms with van der Waals surface area (Å²) in [6.07, 6.45) is 8.57. The van der Waals surface area contributed by atoms with Crippen LogP contribution in [0.1, 0.15) is 47.0 Å². The molecule has 2 rings (SSSR count). The Balaban J connectivity index is 2.02. The number of hydrogen-bond donors (Lipinski definition) is 1. The minimum atomic E-state index is 0.364. The van der Waals surface area contributed by atoms with Crippen molar-refractivity contribution in [2.24, 2.45) is 5.41 Å². The van der Waals surface area contributed by atoms with Crippen LogP contribution in [0, 0.1) is 5.41 Å². The molecular formula is C15H28N2. The molecule has 98 valence electrons. The number of piperazine rings is 1. The number of nitrogens with zero attached hydrogens (tertiary/aromatic N) is 1. The molecule has 0 aromatic heterocycles.